The fourth-order valence-electron chi connectivity index (χ4n) is 2.48. The van der Waals surface area contributed by atoms with Gasteiger partial charge in [0.15, 0.2) is 0 Å². The van der Waals surface area contributed by atoms with Crippen molar-refractivity contribution < 1.29 is 19.4 Å². The second kappa shape index (κ2) is 10.4. The molecule has 1 rings (SSSR count). The van der Waals surface area contributed by atoms with E-state index >= 15 is 0 Å². The molecule has 0 atom stereocenters. The lowest BCUT2D eigenvalue weighted by Crippen LogP contribution is -2.44. The minimum atomic E-state index is -0.736. The van der Waals surface area contributed by atoms with Crippen molar-refractivity contribution in [1.82, 2.24) is 10.2 Å². The zero-order valence-corrected chi connectivity index (χ0v) is 13.0. The number of ether oxygens (including phenoxy) is 1. The number of rotatable bonds is 9. The second-order valence-electron chi connectivity index (χ2n) is 5.56. The Morgan fingerprint density at radius 3 is 2.62 bits per heavy atom. The van der Waals surface area contributed by atoms with E-state index in [4.69, 9.17) is 9.84 Å². The van der Waals surface area contributed by atoms with E-state index in [2.05, 4.69) is 12.2 Å². The lowest BCUT2D eigenvalue weighted by atomic mass is 9.92. The Morgan fingerprint density at radius 2 is 2.00 bits per heavy atom. The maximum atomic E-state index is 11.9. The molecule has 1 heterocycles. The van der Waals surface area contributed by atoms with Gasteiger partial charge in [-0.2, -0.15) is 0 Å². The van der Waals surface area contributed by atoms with E-state index in [-0.39, 0.29) is 12.5 Å². The van der Waals surface area contributed by atoms with Gasteiger partial charge in [0.05, 0.1) is 0 Å². The molecule has 2 N–H and O–H groups in total. The van der Waals surface area contributed by atoms with E-state index < -0.39 is 5.97 Å². The van der Waals surface area contributed by atoms with Crippen LogP contribution in [0, 0.1) is 5.92 Å². The van der Waals surface area contributed by atoms with Crippen molar-refractivity contribution in [3.63, 3.8) is 0 Å². The fraction of sp³-hybridized carbons (Fsp3) is 0.867. The number of likely N-dealkylation sites (tertiary alicyclic amines) is 1. The highest BCUT2D eigenvalue weighted by molar-refractivity contribution is 5.74. The minimum absolute atomic E-state index is 0.0119. The van der Waals surface area contributed by atoms with Crippen molar-refractivity contribution in [1.29, 1.82) is 0 Å². The van der Waals surface area contributed by atoms with Crippen LogP contribution in [-0.4, -0.2) is 54.9 Å². The van der Waals surface area contributed by atoms with Crippen LogP contribution in [0.25, 0.3) is 0 Å². The lowest BCUT2D eigenvalue weighted by molar-refractivity contribution is -0.137. The van der Waals surface area contributed by atoms with E-state index in [1.165, 1.54) is 0 Å². The monoisotopic (exact) mass is 300 g/mol. The summed E-state index contributed by atoms with van der Waals surface area (Å²) in [6, 6.07) is -0.0119. The van der Waals surface area contributed by atoms with Crippen LogP contribution in [0.3, 0.4) is 0 Å². The molecule has 2 amide bonds. The van der Waals surface area contributed by atoms with Crippen LogP contribution in [0.15, 0.2) is 0 Å². The third-order valence-electron chi connectivity index (χ3n) is 3.76. The first-order chi connectivity index (χ1) is 10.1. The maximum absolute atomic E-state index is 11.9. The van der Waals surface area contributed by atoms with Gasteiger partial charge in [0.2, 0.25) is 0 Å². The number of carboxylic acid groups (broad SMARTS) is 1. The summed E-state index contributed by atoms with van der Waals surface area (Å²) in [6.45, 7) is 5.62. The molecular weight excluding hydrogens is 272 g/mol. The molecule has 6 heteroatoms. The molecule has 21 heavy (non-hydrogen) atoms. The van der Waals surface area contributed by atoms with Gasteiger partial charge in [0.1, 0.15) is 0 Å². The number of carbonyl (C=O) groups excluding carboxylic acids is 1. The molecule has 1 aliphatic rings. The van der Waals surface area contributed by atoms with Gasteiger partial charge in [-0.25, -0.2) is 4.79 Å². The van der Waals surface area contributed by atoms with Crippen LogP contribution >= 0.6 is 0 Å². The Hall–Kier alpha value is -1.30. The number of aliphatic carboxylic acids is 1. The smallest absolute Gasteiger partial charge is 0.317 e. The zero-order chi connectivity index (χ0) is 15.5. The molecule has 1 aliphatic heterocycles. The van der Waals surface area contributed by atoms with Crippen molar-refractivity contribution >= 4 is 12.0 Å². The normalized spacial score (nSPS) is 16.0. The number of hydrogen-bond acceptors (Lipinski definition) is 3. The Morgan fingerprint density at radius 1 is 1.29 bits per heavy atom. The van der Waals surface area contributed by atoms with Gasteiger partial charge in [-0.1, -0.05) is 6.92 Å². The van der Waals surface area contributed by atoms with Crippen LogP contribution < -0.4 is 5.32 Å². The summed E-state index contributed by atoms with van der Waals surface area (Å²) in [5, 5.41) is 11.6. The third-order valence-corrected chi connectivity index (χ3v) is 3.76. The van der Waals surface area contributed by atoms with Gasteiger partial charge in [-0.3, -0.25) is 4.79 Å². The predicted molar refractivity (Wildman–Crippen MR) is 80.3 cm³/mol. The van der Waals surface area contributed by atoms with Gasteiger partial charge in [0.25, 0.3) is 0 Å². The molecular formula is C15H28N2O4. The first kappa shape index (κ1) is 17.8. The number of carbonyl (C=O) groups is 2. The van der Waals surface area contributed by atoms with Crippen LogP contribution in [0.5, 0.6) is 0 Å². The number of amides is 2. The molecule has 1 saturated heterocycles. The molecule has 0 unspecified atom stereocenters. The van der Waals surface area contributed by atoms with Crippen LogP contribution in [0.2, 0.25) is 0 Å². The first-order valence-electron chi connectivity index (χ1n) is 7.95. The number of carboxylic acids is 1. The number of hydrogen-bond donors (Lipinski definition) is 2. The fourth-order valence-corrected chi connectivity index (χ4v) is 2.48. The highest BCUT2D eigenvalue weighted by atomic mass is 16.5. The van der Waals surface area contributed by atoms with Crippen molar-refractivity contribution in [2.75, 3.05) is 32.8 Å². The summed E-state index contributed by atoms with van der Waals surface area (Å²) in [5.74, 6) is -0.298. The van der Waals surface area contributed by atoms with E-state index in [9.17, 15) is 9.59 Å². The summed E-state index contributed by atoms with van der Waals surface area (Å²) < 4.78 is 5.36. The van der Waals surface area contributed by atoms with Gasteiger partial charge < -0.3 is 20.1 Å². The SMILES string of the molecule is CCCOCCCNC(=O)N1CCC(CCC(=O)O)CC1. The van der Waals surface area contributed by atoms with Gasteiger partial charge >= 0.3 is 12.0 Å². The Labute approximate surface area is 126 Å². The Bertz CT molecular complexity index is 315. The summed E-state index contributed by atoms with van der Waals surface area (Å²) in [5.41, 5.74) is 0. The molecule has 1 fully saturated rings. The average Bonchev–Trinajstić information content (AvgIpc) is 2.49. The highest BCUT2D eigenvalue weighted by Gasteiger charge is 2.22. The van der Waals surface area contributed by atoms with Crippen LogP contribution in [-0.2, 0) is 9.53 Å². The van der Waals surface area contributed by atoms with E-state index in [0.717, 1.165) is 51.8 Å². The zero-order valence-electron chi connectivity index (χ0n) is 13.0. The van der Waals surface area contributed by atoms with E-state index in [0.29, 0.717) is 19.1 Å². The maximum Gasteiger partial charge on any atom is 0.317 e. The van der Waals surface area contributed by atoms with Gasteiger partial charge in [0, 0.05) is 39.3 Å². The molecule has 0 aromatic heterocycles. The minimum Gasteiger partial charge on any atom is -0.481 e. The van der Waals surface area contributed by atoms with Gasteiger partial charge in [-0.05, 0) is 38.0 Å². The first-order valence-corrected chi connectivity index (χ1v) is 7.95. The molecule has 0 aromatic rings. The number of nitrogens with one attached hydrogen (secondary N) is 1. The molecule has 0 saturated carbocycles. The molecule has 0 radical (unpaired) electrons. The van der Waals surface area contributed by atoms with E-state index in [1.54, 1.807) is 0 Å². The standard InChI is InChI=1S/C15H28N2O4/c1-2-11-21-12-3-8-16-15(20)17-9-6-13(7-10-17)4-5-14(18)19/h13H,2-12H2,1H3,(H,16,20)(H,18,19). The largest absolute Gasteiger partial charge is 0.481 e. The predicted octanol–water partition coefficient (Wildman–Crippen LogP) is 2.09. The molecule has 6 nitrogen and oxygen atoms in total. The average molecular weight is 300 g/mol. The summed E-state index contributed by atoms with van der Waals surface area (Å²) >= 11 is 0. The second-order valence-corrected chi connectivity index (χ2v) is 5.56. The number of urea groups is 1. The molecule has 0 aromatic carbocycles. The summed E-state index contributed by atoms with van der Waals surface area (Å²) in [4.78, 5) is 24.3. The topological polar surface area (TPSA) is 78.9 Å². The van der Waals surface area contributed by atoms with E-state index in [1.807, 2.05) is 4.90 Å². The molecule has 0 bridgehead atoms. The number of nitrogens with zero attached hydrogens (tertiary/aromatic N) is 1. The van der Waals surface area contributed by atoms with Crippen LogP contribution in [0.4, 0.5) is 4.79 Å². The Kier molecular flexibility index (Phi) is 8.82. The molecule has 122 valence electrons. The summed E-state index contributed by atoms with van der Waals surface area (Å²) in [7, 11) is 0. The number of piperidine rings is 1. The lowest BCUT2D eigenvalue weighted by Gasteiger charge is -2.31. The van der Waals surface area contributed by atoms with Crippen molar-refractivity contribution in [2.45, 2.75) is 45.4 Å². The Balaban J connectivity index is 2.07. The molecule has 0 spiro atoms. The molecule has 0 aliphatic carbocycles. The summed E-state index contributed by atoms with van der Waals surface area (Å²) in [6.07, 6.45) is 4.61. The van der Waals surface area contributed by atoms with Crippen molar-refractivity contribution in [3.8, 4) is 0 Å². The van der Waals surface area contributed by atoms with Gasteiger partial charge in [-0.15, -0.1) is 0 Å². The van der Waals surface area contributed by atoms with Crippen molar-refractivity contribution in [2.24, 2.45) is 5.92 Å². The third kappa shape index (κ3) is 7.90. The van der Waals surface area contributed by atoms with Crippen LogP contribution in [0.1, 0.15) is 45.4 Å². The van der Waals surface area contributed by atoms with Crippen molar-refractivity contribution in [3.05, 3.63) is 0 Å². The quantitative estimate of drug-likeness (QED) is 0.639. The highest BCUT2D eigenvalue weighted by Crippen LogP contribution is 2.21.